The van der Waals surface area contributed by atoms with Crippen LogP contribution in [0.15, 0.2) is 24.3 Å². The molecule has 0 bridgehead atoms. The minimum absolute atomic E-state index is 0.408. The normalized spacial score (nSPS) is 31.6. The molecule has 1 saturated heterocycles. The van der Waals surface area contributed by atoms with Crippen molar-refractivity contribution in [2.45, 2.75) is 57.6 Å². The van der Waals surface area contributed by atoms with Crippen molar-refractivity contribution in [3.8, 4) is 0 Å². The summed E-state index contributed by atoms with van der Waals surface area (Å²) in [4.78, 5) is 2.38. The highest BCUT2D eigenvalue weighted by atomic mass is 16.3. The van der Waals surface area contributed by atoms with Gasteiger partial charge in [0.15, 0.2) is 0 Å². The Kier molecular flexibility index (Phi) is 4.74. The van der Waals surface area contributed by atoms with E-state index in [9.17, 15) is 5.11 Å². The quantitative estimate of drug-likeness (QED) is 0.897. The van der Waals surface area contributed by atoms with E-state index in [0.29, 0.717) is 12.0 Å². The van der Waals surface area contributed by atoms with E-state index in [-0.39, 0.29) is 0 Å². The molecule has 3 heteroatoms. The Morgan fingerprint density at radius 3 is 2.55 bits per heavy atom. The summed E-state index contributed by atoms with van der Waals surface area (Å²) < 4.78 is 0. The lowest BCUT2D eigenvalue weighted by Gasteiger charge is -2.46. The molecule has 1 heterocycles. The van der Waals surface area contributed by atoms with E-state index in [0.717, 1.165) is 32.5 Å². The van der Waals surface area contributed by atoms with Crippen LogP contribution in [0, 0.1) is 5.92 Å². The van der Waals surface area contributed by atoms with E-state index in [1.165, 1.54) is 30.5 Å². The first kappa shape index (κ1) is 15.8. The van der Waals surface area contributed by atoms with Crippen LogP contribution < -0.4 is 10.2 Å². The average Bonchev–Trinajstić information content (AvgIpc) is 2.55. The number of nitrogens with two attached hydrogens (primary N) is 1. The first-order chi connectivity index (χ1) is 10.7. The lowest BCUT2D eigenvalue weighted by atomic mass is 9.67. The van der Waals surface area contributed by atoms with E-state index in [2.05, 4.69) is 48.3 Å². The fraction of sp³-hybridized carbons (Fsp3) is 0.684. The second-order valence-electron chi connectivity index (χ2n) is 7.02. The molecular formula is C19H31N2O+. The van der Waals surface area contributed by atoms with Crippen molar-refractivity contribution in [2.24, 2.45) is 5.92 Å². The van der Waals surface area contributed by atoms with E-state index in [1.807, 2.05) is 0 Å². The summed E-state index contributed by atoms with van der Waals surface area (Å²) in [6, 6.07) is 9.52. The number of piperidine rings is 1. The molecule has 0 amide bonds. The fourth-order valence-corrected chi connectivity index (χ4v) is 4.62. The van der Waals surface area contributed by atoms with Gasteiger partial charge in [-0.05, 0) is 38.8 Å². The summed E-state index contributed by atoms with van der Waals surface area (Å²) in [6.45, 7) is 7.56. The maximum atomic E-state index is 11.0. The van der Waals surface area contributed by atoms with Gasteiger partial charge in [0.05, 0.1) is 12.1 Å². The van der Waals surface area contributed by atoms with Crippen molar-refractivity contribution in [3.63, 3.8) is 0 Å². The number of rotatable bonds is 4. The number of quaternary nitrogens is 1. The molecule has 122 valence electrons. The maximum Gasteiger partial charge on any atom is 0.117 e. The third-order valence-corrected chi connectivity index (χ3v) is 5.90. The molecule has 2 aliphatic rings. The van der Waals surface area contributed by atoms with Crippen molar-refractivity contribution < 1.29 is 10.4 Å². The Balaban J connectivity index is 1.80. The molecule has 1 saturated carbocycles. The zero-order chi connectivity index (χ0) is 15.6. The van der Waals surface area contributed by atoms with Gasteiger partial charge in [-0.15, -0.1) is 0 Å². The third kappa shape index (κ3) is 2.89. The molecule has 2 fully saturated rings. The Bertz CT molecular complexity index is 479. The highest BCUT2D eigenvalue weighted by Gasteiger charge is 2.48. The summed E-state index contributed by atoms with van der Waals surface area (Å²) in [5, 5.41) is 13.5. The SMILES string of the molecule is CCN(CC)c1ccc([C@@H]2[NH2+]CC[C@@]3(O)CCCC[C@H]23)cc1. The first-order valence-electron chi connectivity index (χ1n) is 9.08. The van der Waals surface area contributed by atoms with Gasteiger partial charge in [0.1, 0.15) is 6.04 Å². The van der Waals surface area contributed by atoms with E-state index in [4.69, 9.17) is 0 Å². The Morgan fingerprint density at radius 2 is 1.86 bits per heavy atom. The largest absolute Gasteiger partial charge is 0.389 e. The number of fused-ring (bicyclic) bond motifs is 1. The van der Waals surface area contributed by atoms with Gasteiger partial charge in [0, 0.05) is 36.7 Å². The second-order valence-corrected chi connectivity index (χ2v) is 7.02. The van der Waals surface area contributed by atoms with Gasteiger partial charge >= 0.3 is 0 Å². The maximum absolute atomic E-state index is 11.0. The number of hydrogen-bond donors (Lipinski definition) is 2. The van der Waals surface area contributed by atoms with Gasteiger partial charge in [0.25, 0.3) is 0 Å². The summed E-state index contributed by atoms with van der Waals surface area (Å²) in [7, 11) is 0. The summed E-state index contributed by atoms with van der Waals surface area (Å²) >= 11 is 0. The zero-order valence-corrected chi connectivity index (χ0v) is 14.1. The highest BCUT2D eigenvalue weighted by Crippen LogP contribution is 2.43. The van der Waals surface area contributed by atoms with Crippen LogP contribution in [0.3, 0.4) is 0 Å². The molecule has 1 aliphatic heterocycles. The standard InChI is InChI=1S/C19H30N2O/c1-3-21(4-2)16-10-8-15(9-11-16)18-17-7-5-6-12-19(17,22)13-14-20-18/h8-11,17-18,20,22H,3-7,12-14H2,1-2H3/p+1/t17-,18+,19+/m1/s1. The number of anilines is 1. The number of hydrogen-bond acceptors (Lipinski definition) is 2. The van der Waals surface area contributed by atoms with Gasteiger partial charge in [0.2, 0.25) is 0 Å². The van der Waals surface area contributed by atoms with Crippen LogP contribution in [0.5, 0.6) is 0 Å². The zero-order valence-electron chi connectivity index (χ0n) is 14.1. The molecule has 3 N–H and O–H groups in total. The minimum Gasteiger partial charge on any atom is -0.389 e. The number of aliphatic hydroxyl groups is 1. The monoisotopic (exact) mass is 303 g/mol. The molecule has 22 heavy (non-hydrogen) atoms. The molecule has 3 atom stereocenters. The van der Waals surface area contributed by atoms with Gasteiger partial charge in [-0.25, -0.2) is 0 Å². The van der Waals surface area contributed by atoms with Gasteiger partial charge < -0.3 is 15.3 Å². The minimum atomic E-state index is -0.408. The van der Waals surface area contributed by atoms with Gasteiger partial charge in [-0.2, -0.15) is 0 Å². The topological polar surface area (TPSA) is 40.1 Å². The predicted molar refractivity (Wildman–Crippen MR) is 91.1 cm³/mol. The number of nitrogens with zero attached hydrogens (tertiary/aromatic N) is 1. The summed E-state index contributed by atoms with van der Waals surface area (Å²) in [5.41, 5.74) is 2.29. The lowest BCUT2D eigenvalue weighted by Crippen LogP contribution is -2.91. The van der Waals surface area contributed by atoms with E-state index in [1.54, 1.807) is 0 Å². The Morgan fingerprint density at radius 1 is 1.14 bits per heavy atom. The van der Waals surface area contributed by atoms with Crippen LogP contribution in [-0.2, 0) is 0 Å². The van der Waals surface area contributed by atoms with Crippen molar-refractivity contribution in [1.82, 2.24) is 0 Å². The molecule has 1 aromatic rings. The van der Waals surface area contributed by atoms with E-state index >= 15 is 0 Å². The summed E-state index contributed by atoms with van der Waals surface area (Å²) in [5.74, 6) is 0.425. The molecule has 0 spiro atoms. The molecule has 0 aromatic heterocycles. The van der Waals surface area contributed by atoms with E-state index < -0.39 is 5.60 Å². The van der Waals surface area contributed by atoms with Crippen LogP contribution in [-0.4, -0.2) is 30.3 Å². The molecule has 3 nitrogen and oxygen atoms in total. The predicted octanol–water partition coefficient (Wildman–Crippen LogP) is 2.46. The average molecular weight is 303 g/mol. The van der Waals surface area contributed by atoms with Crippen molar-refractivity contribution in [1.29, 1.82) is 0 Å². The Labute approximate surface area is 134 Å². The molecule has 3 rings (SSSR count). The molecular weight excluding hydrogens is 272 g/mol. The van der Waals surface area contributed by atoms with Crippen LogP contribution >= 0.6 is 0 Å². The van der Waals surface area contributed by atoms with Crippen molar-refractivity contribution in [2.75, 3.05) is 24.5 Å². The second kappa shape index (κ2) is 6.59. The van der Waals surface area contributed by atoms with Gasteiger partial charge in [-0.1, -0.05) is 25.0 Å². The highest BCUT2D eigenvalue weighted by molar-refractivity contribution is 5.47. The smallest absolute Gasteiger partial charge is 0.117 e. The number of benzene rings is 1. The first-order valence-corrected chi connectivity index (χ1v) is 9.08. The molecule has 0 unspecified atom stereocenters. The van der Waals surface area contributed by atoms with Crippen LogP contribution in [0.25, 0.3) is 0 Å². The molecule has 0 radical (unpaired) electrons. The Hall–Kier alpha value is -1.06. The lowest BCUT2D eigenvalue weighted by molar-refractivity contribution is -0.719. The van der Waals surface area contributed by atoms with Crippen molar-refractivity contribution >= 4 is 5.69 Å². The molecule has 1 aromatic carbocycles. The van der Waals surface area contributed by atoms with Gasteiger partial charge in [-0.3, -0.25) is 0 Å². The third-order valence-electron chi connectivity index (χ3n) is 5.90. The van der Waals surface area contributed by atoms with Crippen LogP contribution in [0.2, 0.25) is 0 Å². The fourth-order valence-electron chi connectivity index (χ4n) is 4.62. The summed E-state index contributed by atoms with van der Waals surface area (Å²) in [6.07, 6.45) is 5.61. The molecule has 1 aliphatic carbocycles. The van der Waals surface area contributed by atoms with Crippen LogP contribution in [0.1, 0.15) is 57.6 Å². The van der Waals surface area contributed by atoms with Crippen LogP contribution in [0.4, 0.5) is 5.69 Å². The van der Waals surface area contributed by atoms with Crippen molar-refractivity contribution in [3.05, 3.63) is 29.8 Å².